The third-order valence-corrected chi connectivity index (χ3v) is 4.72. The first-order valence-electron chi connectivity index (χ1n) is 9.62. The number of nitrogens with zero attached hydrogens (tertiary/aromatic N) is 4. The highest BCUT2D eigenvalue weighted by Gasteiger charge is 2.16. The van der Waals surface area contributed by atoms with E-state index in [0.29, 0.717) is 12.5 Å². The smallest absolute Gasteiger partial charge is 0.193 e. The second kappa shape index (κ2) is 12.5. The standard InChI is InChI=1S/C20H34FN5.HI/c1-5-22-20(25(4)16-18-7-6-8-19(21)13-18)23-14-17(2)15-26-11-9-24(3)10-12-26;/h6-8,13,17H,5,9-12,14-16H2,1-4H3,(H,22,23);1H. The molecule has 1 saturated heterocycles. The molecule has 0 aliphatic carbocycles. The Morgan fingerprint density at radius 2 is 2.00 bits per heavy atom. The molecule has 0 bridgehead atoms. The summed E-state index contributed by atoms with van der Waals surface area (Å²) < 4.78 is 13.4. The van der Waals surface area contributed by atoms with Crippen LogP contribution >= 0.6 is 24.0 Å². The fraction of sp³-hybridized carbons (Fsp3) is 0.650. The number of rotatable bonds is 7. The minimum atomic E-state index is -0.196. The van der Waals surface area contributed by atoms with Crippen molar-refractivity contribution >= 4 is 29.9 Å². The van der Waals surface area contributed by atoms with Crippen LogP contribution in [0.5, 0.6) is 0 Å². The predicted molar refractivity (Wildman–Crippen MR) is 122 cm³/mol. The van der Waals surface area contributed by atoms with E-state index in [2.05, 4.69) is 40.9 Å². The molecule has 1 fully saturated rings. The number of guanidine groups is 1. The minimum Gasteiger partial charge on any atom is -0.357 e. The lowest BCUT2D eigenvalue weighted by molar-refractivity contribution is 0.140. The zero-order chi connectivity index (χ0) is 18.9. The Labute approximate surface area is 181 Å². The van der Waals surface area contributed by atoms with Crippen molar-refractivity contribution in [1.82, 2.24) is 20.0 Å². The highest BCUT2D eigenvalue weighted by Crippen LogP contribution is 2.08. The van der Waals surface area contributed by atoms with Gasteiger partial charge >= 0.3 is 0 Å². The van der Waals surface area contributed by atoms with Crippen molar-refractivity contribution < 1.29 is 4.39 Å². The highest BCUT2D eigenvalue weighted by molar-refractivity contribution is 14.0. The zero-order valence-corrected chi connectivity index (χ0v) is 19.4. The maximum Gasteiger partial charge on any atom is 0.193 e. The Balaban J connectivity index is 0.00000364. The van der Waals surface area contributed by atoms with Crippen LogP contribution in [0.1, 0.15) is 19.4 Å². The normalized spacial score (nSPS) is 17.3. The van der Waals surface area contributed by atoms with Gasteiger partial charge in [0.25, 0.3) is 0 Å². The van der Waals surface area contributed by atoms with Gasteiger partial charge in [0.1, 0.15) is 5.82 Å². The van der Waals surface area contributed by atoms with Crippen LogP contribution in [0.4, 0.5) is 4.39 Å². The minimum absolute atomic E-state index is 0. The summed E-state index contributed by atoms with van der Waals surface area (Å²) in [5.41, 5.74) is 0.948. The van der Waals surface area contributed by atoms with Gasteiger partial charge in [0.2, 0.25) is 0 Å². The molecule has 0 spiro atoms. The Kier molecular flexibility index (Phi) is 11.2. The van der Waals surface area contributed by atoms with E-state index in [1.165, 1.54) is 6.07 Å². The van der Waals surface area contributed by atoms with E-state index >= 15 is 0 Å². The summed E-state index contributed by atoms with van der Waals surface area (Å²) in [5.74, 6) is 1.19. The largest absolute Gasteiger partial charge is 0.357 e. The lowest BCUT2D eigenvalue weighted by Gasteiger charge is -2.33. The molecule has 1 aliphatic heterocycles. The van der Waals surface area contributed by atoms with Crippen LogP contribution in [0.15, 0.2) is 29.3 Å². The molecule has 0 radical (unpaired) electrons. The Hall–Kier alpha value is -0.930. The monoisotopic (exact) mass is 491 g/mol. The Morgan fingerprint density at radius 1 is 1.30 bits per heavy atom. The lowest BCUT2D eigenvalue weighted by atomic mass is 10.1. The number of likely N-dealkylation sites (N-methyl/N-ethyl adjacent to an activating group) is 1. The Morgan fingerprint density at radius 3 is 2.63 bits per heavy atom. The predicted octanol–water partition coefficient (Wildman–Crippen LogP) is 2.72. The number of aliphatic imine (C=N–C) groups is 1. The average Bonchev–Trinajstić information content (AvgIpc) is 2.60. The van der Waals surface area contributed by atoms with Crippen molar-refractivity contribution in [2.45, 2.75) is 20.4 Å². The molecule has 0 saturated carbocycles. The van der Waals surface area contributed by atoms with Crippen LogP contribution in [0.25, 0.3) is 0 Å². The van der Waals surface area contributed by atoms with Gasteiger partial charge in [-0.3, -0.25) is 4.99 Å². The number of piperazine rings is 1. The molecule has 2 rings (SSSR count). The molecule has 5 nitrogen and oxygen atoms in total. The van der Waals surface area contributed by atoms with Gasteiger partial charge in [0.15, 0.2) is 5.96 Å². The first-order chi connectivity index (χ1) is 12.5. The van der Waals surface area contributed by atoms with Crippen molar-refractivity contribution in [3.05, 3.63) is 35.6 Å². The fourth-order valence-electron chi connectivity index (χ4n) is 3.23. The van der Waals surface area contributed by atoms with E-state index in [0.717, 1.165) is 57.3 Å². The van der Waals surface area contributed by atoms with Gasteiger partial charge in [-0.15, -0.1) is 24.0 Å². The van der Waals surface area contributed by atoms with Crippen molar-refractivity contribution in [3.63, 3.8) is 0 Å². The van der Waals surface area contributed by atoms with Gasteiger partial charge in [-0.1, -0.05) is 19.1 Å². The first kappa shape index (κ1) is 24.1. The highest BCUT2D eigenvalue weighted by atomic mass is 127. The lowest BCUT2D eigenvalue weighted by Crippen LogP contribution is -2.46. The quantitative estimate of drug-likeness (QED) is 0.362. The van der Waals surface area contributed by atoms with Crippen LogP contribution in [-0.4, -0.2) is 80.6 Å². The van der Waals surface area contributed by atoms with E-state index in [9.17, 15) is 4.39 Å². The van der Waals surface area contributed by atoms with Crippen LogP contribution < -0.4 is 5.32 Å². The summed E-state index contributed by atoms with van der Waals surface area (Å²) in [7, 11) is 4.18. The average molecular weight is 491 g/mol. The summed E-state index contributed by atoms with van der Waals surface area (Å²) in [6, 6.07) is 6.75. The summed E-state index contributed by atoms with van der Waals surface area (Å²) in [5, 5.41) is 3.34. The number of hydrogen-bond acceptors (Lipinski definition) is 3. The zero-order valence-electron chi connectivity index (χ0n) is 17.1. The summed E-state index contributed by atoms with van der Waals surface area (Å²) in [6.45, 7) is 12.2. The molecule has 7 heteroatoms. The van der Waals surface area contributed by atoms with Crippen molar-refractivity contribution in [3.8, 4) is 0 Å². The molecule has 154 valence electrons. The molecule has 0 aromatic heterocycles. The van der Waals surface area contributed by atoms with Crippen molar-refractivity contribution in [2.75, 3.05) is 59.9 Å². The summed E-state index contributed by atoms with van der Waals surface area (Å²) in [4.78, 5) is 11.8. The van der Waals surface area contributed by atoms with Crippen LogP contribution in [0, 0.1) is 11.7 Å². The van der Waals surface area contributed by atoms with Gasteiger partial charge in [0.05, 0.1) is 0 Å². The third-order valence-electron chi connectivity index (χ3n) is 4.72. The molecule has 1 aromatic carbocycles. The van der Waals surface area contributed by atoms with Gasteiger partial charge in [0, 0.05) is 59.4 Å². The molecular weight excluding hydrogens is 456 g/mol. The van der Waals surface area contributed by atoms with E-state index in [-0.39, 0.29) is 29.8 Å². The Bertz CT molecular complexity index is 575. The van der Waals surface area contributed by atoms with E-state index < -0.39 is 0 Å². The van der Waals surface area contributed by atoms with E-state index in [4.69, 9.17) is 4.99 Å². The maximum atomic E-state index is 13.4. The van der Waals surface area contributed by atoms with E-state index in [1.54, 1.807) is 12.1 Å². The summed E-state index contributed by atoms with van der Waals surface area (Å²) >= 11 is 0. The number of hydrogen-bond donors (Lipinski definition) is 1. The first-order valence-corrected chi connectivity index (χ1v) is 9.62. The van der Waals surface area contributed by atoms with Gasteiger partial charge in [-0.2, -0.15) is 0 Å². The second-order valence-electron chi connectivity index (χ2n) is 7.39. The number of benzene rings is 1. The third kappa shape index (κ3) is 8.74. The van der Waals surface area contributed by atoms with Crippen LogP contribution in [0.2, 0.25) is 0 Å². The number of nitrogens with one attached hydrogen (secondary N) is 1. The second-order valence-corrected chi connectivity index (χ2v) is 7.39. The fourth-order valence-corrected chi connectivity index (χ4v) is 3.23. The molecule has 1 heterocycles. The molecule has 0 amide bonds. The number of halogens is 2. The topological polar surface area (TPSA) is 34.1 Å². The molecule has 1 aliphatic rings. The van der Waals surface area contributed by atoms with Gasteiger partial charge in [-0.25, -0.2) is 4.39 Å². The SMILES string of the molecule is CCNC(=NCC(C)CN1CCN(C)CC1)N(C)Cc1cccc(F)c1.I. The van der Waals surface area contributed by atoms with Crippen LogP contribution in [0.3, 0.4) is 0 Å². The van der Waals surface area contributed by atoms with Crippen molar-refractivity contribution in [1.29, 1.82) is 0 Å². The molecule has 1 aromatic rings. The van der Waals surface area contributed by atoms with Gasteiger partial charge < -0.3 is 20.0 Å². The molecule has 27 heavy (non-hydrogen) atoms. The van der Waals surface area contributed by atoms with Crippen LogP contribution in [-0.2, 0) is 6.54 Å². The summed E-state index contributed by atoms with van der Waals surface area (Å²) in [6.07, 6.45) is 0. The van der Waals surface area contributed by atoms with Gasteiger partial charge in [-0.05, 0) is 37.6 Å². The van der Waals surface area contributed by atoms with E-state index in [1.807, 2.05) is 13.1 Å². The van der Waals surface area contributed by atoms with Crippen molar-refractivity contribution in [2.24, 2.45) is 10.9 Å². The molecule has 1 atom stereocenters. The maximum absolute atomic E-state index is 13.4. The molecule has 1 unspecified atom stereocenters. The molecule has 1 N–H and O–H groups in total. The molecular formula is C20H35FIN5.